The molecule has 0 saturated heterocycles. The molecule has 1 fully saturated rings. The Balaban J connectivity index is 1.95. The van der Waals surface area contributed by atoms with E-state index in [4.69, 9.17) is 21.1 Å². The maximum absolute atomic E-state index is 5.81. The highest BCUT2D eigenvalue weighted by atomic mass is 79.9. The number of ether oxygens (including phenoxy) is 2. The Morgan fingerprint density at radius 1 is 1.40 bits per heavy atom. The van der Waals surface area contributed by atoms with E-state index in [9.17, 15) is 0 Å². The summed E-state index contributed by atoms with van der Waals surface area (Å²) in [5.74, 6) is 1.31. The zero-order chi connectivity index (χ0) is 11.1. The first-order valence-corrected chi connectivity index (χ1v) is 7.19. The summed E-state index contributed by atoms with van der Waals surface area (Å²) in [7, 11) is 0. The third kappa shape index (κ3) is 5.03. The zero-order valence-electron chi connectivity index (χ0n) is 9.31. The van der Waals surface area contributed by atoms with E-state index < -0.39 is 0 Å². The van der Waals surface area contributed by atoms with Crippen LogP contribution in [-0.4, -0.2) is 36.6 Å². The van der Waals surface area contributed by atoms with E-state index in [1.165, 1.54) is 19.3 Å². The minimum absolute atomic E-state index is 0.263. The summed E-state index contributed by atoms with van der Waals surface area (Å²) < 4.78 is 11.2. The van der Waals surface area contributed by atoms with Gasteiger partial charge in [-0.25, -0.2) is 0 Å². The quantitative estimate of drug-likeness (QED) is 0.506. The van der Waals surface area contributed by atoms with Gasteiger partial charge in [0, 0.05) is 11.9 Å². The van der Waals surface area contributed by atoms with E-state index in [1.807, 2.05) is 6.92 Å². The smallest absolute Gasteiger partial charge is 0.0886 e. The van der Waals surface area contributed by atoms with E-state index >= 15 is 0 Å². The van der Waals surface area contributed by atoms with Gasteiger partial charge in [-0.15, -0.1) is 11.6 Å². The molecular formula is C11H20BrClO2. The summed E-state index contributed by atoms with van der Waals surface area (Å²) in [4.78, 5) is 0. The lowest BCUT2D eigenvalue weighted by Gasteiger charge is -2.27. The Morgan fingerprint density at radius 2 is 2.13 bits per heavy atom. The topological polar surface area (TPSA) is 18.5 Å². The Labute approximate surface area is 106 Å². The largest absolute Gasteiger partial charge is 0.379 e. The van der Waals surface area contributed by atoms with Crippen LogP contribution in [0.15, 0.2) is 0 Å². The van der Waals surface area contributed by atoms with Crippen LogP contribution in [0, 0.1) is 5.92 Å². The third-order valence-electron chi connectivity index (χ3n) is 2.82. The summed E-state index contributed by atoms with van der Waals surface area (Å²) in [5, 5.41) is 0.756. The molecule has 1 rings (SSSR count). The minimum atomic E-state index is -0.263. The minimum Gasteiger partial charge on any atom is -0.379 e. The maximum Gasteiger partial charge on any atom is 0.0886 e. The van der Waals surface area contributed by atoms with Crippen molar-refractivity contribution in [3.63, 3.8) is 0 Å². The predicted molar refractivity (Wildman–Crippen MR) is 67.0 cm³/mol. The van der Waals surface area contributed by atoms with E-state index in [0.717, 1.165) is 17.9 Å². The predicted octanol–water partition coefficient (Wildman–Crippen LogP) is 3.21. The van der Waals surface area contributed by atoms with Gasteiger partial charge in [0.25, 0.3) is 0 Å². The average Bonchev–Trinajstić information content (AvgIpc) is 2.20. The van der Waals surface area contributed by atoms with Crippen LogP contribution in [0.1, 0.15) is 26.2 Å². The molecule has 15 heavy (non-hydrogen) atoms. The van der Waals surface area contributed by atoms with Crippen molar-refractivity contribution < 1.29 is 9.47 Å². The number of hydrogen-bond donors (Lipinski definition) is 0. The summed E-state index contributed by atoms with van der Waals surface area (Å²) in [6.45, 7) is 4.20. The molecule has 0 radical (unpaired) electrons. The second kappa shape index (κ2) is 7.10. The van der Waals surface area contributed by atoms with Crippen LogP contribution in [0.3, 0.4) is 0 Å². The highest BCUT2D eigenvalue weighted by molar-refractivity contribution is 9.09. The fraction of sp³-hybridized carbons (Fsp3) is 1.00. The van der Waals surface area contributed by atoms with Crippen molar-refractivity contribution in [3.8, 4) is 0 Å². The normalized spacial score (nSPS) is 21.0. The molecule has 0 aliphatic heterocycles. The molecule has 0 amide bonds. The molecule has 90 valence electrons. The van der Waals surface area contributed by atoms with Gasteiger partial charge in [-0.2, -0.15) is 0 Å². The molecule has 0 aromatic heterocycles. The van der Waals surface area contributed by atoms with Crippen molar-refractivity contribution >= 4 is 27.5 Å². The van der Waals surface area contributed by atoms with Crippen molar-refractivity contribution in [2.75, 3.05) is 31.0 Å². The van der Waals surface area contributed by atoms with Gasteiger partial charge in [-0.05, 0) is 25.7 Å². The highest BCUT2D eigenvalue weighted by Gasteiger charge is 2.22. The summed E-state index contributed by atoms with van der Waals surface area (Å²) >= 11 is 9.20. The number of alkyl halides is 2. The lowest BCUT2D eigenvalue weighted by atomic mass is 9.86. The molecule has 2 nitrogen and oxygen atoms in total. The Bertz CT molecular complexity index is 170. The van der Waals surface area contributed by atoms with Gasteiger partial charge in [0.1, 0.15) is 0 Å². The van der Waals surface area contributed by atoms with Gasteiger partial charge in [0.2, 0.25) is 0 Å². The van der Waals surface area contributed by atoms with Crippen molar-refractivity contribution in [2.24, 2.45) is 5.92 Å². The van der Waals surface area contributed by atoms with E-state index in [-0.39, 0.29) is 5.60 Å². The first kappa shape index (κ1) is 13.8. The molecule has 1 unspecified atom stereocenters. The van der Waals surface area contributed by atoms with Crippen LogP contribution < -0.4 is 0 Å². The van der Waals surface area contributed by atoms with Crippen molar-refractivity contribution in [1.82, 2.24) is 0 Å². The first-order chi connectivity index (χ1) is 7.20. The first-order valence-electron chi connectivity index (χ1n) is 5.54. The highest BCUT2D eigenvalue weighted by Crippen LogP contribution is 2.26. The van der Waals surface area contributed by atoms with Gasteiger partial charge in [0.15, 0.2) is 0 Å². The van der Waals surface area contributed by atoms with E-state index in [0.29, 0.717) is 19.1 Å². The maximum atomic E-state index is 5.81. The number of hydrogen-bond acceptors (Lipinski definition) is 2. The lowest BCUT2D eigenvalue weighted by Crippen LogP contribution is -2.34. The molecule has 0 aromatic carbocycles. The average molecular weight is 300 g/mol. The van der Waals surface area contributed by atoms with Crippen LogP contribution in [0.4, 0.5) is 0 Å². The van der Waals surface area contributed by atoms with Crippen molar-refractivity contribution in [3.05, 3.63) is 0 Å². The third-order valence-corrected chi connectivity index (χ3v) is 4.57. The zero-order valence-corrected chi connectivity index (χ0v) is 11.6. The molecule has 0 spiro atoms. The second-order valence-electron chi connectivity index (χ2n) is 4.44. The summed E-state index contributed by atoms with van der Waals surface area (Å²) in [6.07, 6.45) is 4.04. The molecule has 1 aliphatic carbocycles. The van der Waals surface area contributed by atoms with Gasteiger partial charge in [0.05, 0.1) is 24.7 Å². The fourth-order valence-electron chi connectivity index (χ4n) is 1.37. The summed E-state index contributed by atoms with van der Waals surface area (Å²) in [5.41, 5.74) is -0.263. The van der Waals surface area contributed by atoms with Crippen LogP contribution in [0.2, 0.25) is 0 Å². The Hall–Kier alpha value is 0.690. The van der Waals surface area contributed by atoms with Crippen molar-refractivity contribution in [2.45, 2.75) is 31.8 Å². The van der Waals surface area contributed by atoms with E-state index in [2.05, 4.69) is 15.9 Å². The molecule has 1 aliphatic rings. The number of rotatable bonds is 8. The second-order valence-corrected chi connectivity index (χ2v) is 5.27. The number of halogens is 2. The molecule has 0 N–H and O–H groups in total. The van der Waals surface area contributed by atoms with Crippen LogP contribution in [0.5, 0.6) is 0 Å². The summed E-state index contributed by atoms with van der Waals surface area (Å²) in [6, 6.07) is 0. The molecule has 1 atom stereocenters. The SMILES string of the molecule is CC(CCl)(CBr)OCCOCC1CCC1. The van der Waals surface area contributed by atoms with Gasteiger partial charge >= 0.3 is 0 Å². The molecule has 0 heterocycles. The standard InChI is InChI=1S/C11H20BrClO2/c1-11(8-12,9-13)15-6-5-14-7-10-3-2-4-10/h10H,2-9H2,1H3. The van der Waals surface area contributed by atoms with Crippen molar-refractivity contribution in [1.29, 1.82) is 0 Å². The molecule has 0 aromatic rings. The Morgan fingerprint density at radius 3 is 2.60 bits per heavy atom. The van der Waals surface area contributed by atoms with Crippen LogP contribution in [-0.2, 0) is 9.47 Å². The van der Waals surface area contributed by atoms with E-state index in [1.54, 1.807) is 0 Å². The van der Waals surface area contributed by atoms with Gasteiger partial charge in [-0.1, -0.05) is 22.4 Å². The molecule has 0 bridgehead atoms. The van der Waals surface area contributed by atoms with Crippen LogP contribution >= 0.6 is 27.5 Å². The fourth-order valence-corrected chi connectivity index (χ4v) is 2.13. The lowest BCUT2D eigenvalue weighted by molar-refractivity contribution is -0.0381. The molecular weight excluding hydrogens is 279 g/mol. The molecule has 1 saturated carbocycles. The van der Waals surface area contributed by atoms with Gasteiger partial charge in [-0.3, -0.25) is 0 Å². The van der Waals surface area contributed by atoms with Crippen LogP contribution in [0.25, 0.3) is 0 Å². The molecule has 4 heteroatoms. The Kier molecular flexibility index (Phi) is 6.51. The monoisotopic (exact) mass is 298 g/mol. The van der Waals surface area contributed by atoms with Gasteiger partial charge < -0.3 is 9.47 Å².